The van der Waals surface area contributed by atoms with Crippen LogP contribution in [0.4, 0.5) is 0 Å². The Morgan fingerprint density at radius 1 is 1.40 bits per heavy atom. The summed E-state index contributed by atoms with van der Waals surface area (Å²) in [6.07, 6.45) is 0.546. The second kappa shape index (κ2) is 4.94. The summed E-state index contributed by atoms with van der Waals surface area (Å²) >= 11 is 6.10. The fourth-order valence-electron chi connectivity index (χ4n) is 2.64. The minimum absolute atomic E-state index is 0.0225. The van der Waals surface area contributed by atoms with E-state index in [-0.39, 0.29) is 30.2 Å². The summed E-state index contributed by atoms with van der Waals surface area (Å²) in [4.78, 5) is 25.4. The van der Waals surface area contributed by atoms with Gasteiger partial charge in [0.05, 0.1) is 17.0 Å². The minimum Gasteiger partial charge on any atom is -0.456 e. The van der Waals surface area contributed by atoms with E-state index in [4.69, 9.17) is 16.3 Å². The van der Waals surface area contributed by atoms with Gasteiger partial charge in [-0.05, 0) is 5.56 Å². The molecule has 1 fully saturated rings. The Bertz CT molecular complexity index is 596. The number of carbonyl (C=O) groups excluding carboxylic acids is 2. The number of halogens is 1. The molecule has 0 spiro atoms. The van der Waals surface area contributed by atoms with Crippen LogP contribution in [-0.4, -0.2) is 22.8 Å². The lowest BCUT2D eigenvalue weighted by molar-refractivity contribution is -0.156. The summed E-state index contributed by atoms with van der Waals surface area (Å²) in [5, 5.41) is 0.422. The predicted octanol–water partition coefficient (Wildman–Crippen LogP) is 2.43. The number of fused-ring (bicyclic) bond motifs is 1. The van der Waals surface area contributed by atoms with Crippen molar-refractivity contribution in [3.63, 3.8) is 0 Å². The van der Waals surface area contributed by atoms with Crippen LogP contribution in [0.1, 0.15) is 18.9 Å². The second-order valence-corrected chi connectivity index (χ2v) is 5.54. The van der Waals surface area contributed by atoms with Crippen molar-refractivity contribution in [2.45, 2.75) is 26.0 Å². The number of carbonyl (C=O) groups is 2. The highest BCUT2D eigenvalue weighted by Gasteiger charge is 2.52. The third-order valence-electron chi connectivity index (χ3n) is 3.83. The highest BCUT2D eigenvalue weighted by Crippen LogP contribution is 2.43. The molecule has 2 unspecified atom stereocenters. The van der Waals surface area contributed by atoms with Crippen molar-refractivity contribution in [3.8, 4) is 0 Å². The fraction of sp³-hybridized carbons (Fsp3) is 0.333. The van der Waals surface area contributed by atoms with E-state index in [1.54, 1.807) is 0 Å². The quantitative estimate of drug-likeness (QED) is 0.635. The van der Waals surface area contributed by atoms with Gasteiger partial charge in [0.25, 0.3) is 0 Å². The van der Waals surface area contributed by atoms with Gasteiger partial charge in [0.15, 0.2) is 0 Å². The first kappa shape index (κ1) is 13.2. The Balaban J connectivity index is 1.69. The molecule has 0 aromatic heterocycles. The van der Waals surface area contributed by atoms with Gasteiger partial charge in [-0.2, -0.15) is 0 Å². The number of amides is 1. The maximum atomic E-state index is 12.1. The van der Waals surface area contributed by atoms with E-state index in [0.29, 0.717) is 11.5 Å². The lowest BCUT2D eigenvalue weighted by atomic mass is 9.89. The topological polar surface area (TPSA) is 46.6 Å². The number of esters is 1. The monoisotopic (exact) mass is 291 g/mol. The molecule has 20 heavy (non-hydrogen) atoms. The van der Waals surface area contributed by atoms with Crippen LogP contribution in [0.5, 0.6) is 0 Å². The normalized spacial score (nSPS) is 24.5. The first-order valence-electron chi connectivity index (χ1n) is 6.52. The first-order valence-corrected chi connectivity index (χ1v) is 6.90. The number of benzene rings is 1. The van der Waals surface area contributed by atoms with Gasteiger partial charge >= 0.3 is 5.97 Å². The molecule has 2 heterocycles. The minimum atomic E-state index is -0.526. The standard InChI is InChI=1S/C15H14ClNO3/c1-9-12-7-11(16)13(17(12)14(9)18)15(19)20-8-10-5-3-2-4-6-10/h2-6,9,12H,7-8H2,1H3. The second-order valence-electron chi connectivity index (χ2n) is 5.08. The van der Waals surface area contributed by atoms with E-state index in [9.17, 15) is 9.59 Å². The van der Waals surface area contributed by atoms with E-state index in [1.807, 2.05) is 37.3 Å². The SMILES string of the molecule is CC1C(=O)N2C(C(=O)OCc3ccccc3)=C(Cl)CC12. The van der Waals surface area contributed by atoms with E-state index in [2.05, 4.69) is 0 Å². The van der Waals surface area contributed by atoms with E-state index < -0.39 is 5.97 Å². The fourth-order valence-corrected chi connectivity index (χ4v) is 2.97. The molecule has 2 atom stereocenters. The zero-order chi connectivity index (χ0) is 14.3. The lowest BCUT2D eigenvalue weighted by Gasteiger charge is -2.41. The zero-order valence-corrected chi connectivity index (χ0v) is 11.8. The molecule has 0 aliphatic carbocycles. The van der Waals surface area contributed by atoms with Crippen molar-refractivity contribution in [2.24, 2.45) is 5.92 Å². The molecule has 104 valence electrons. The summed E-state index contributed by atoms with van der Waals surface area (Å²) in [6, 6.07) is 9.42. The lowest BCUT2D eigenvalue weighted by Crippen LogP contribution is -2.57. The molecule has 1 saturated heterocycles. The van der Waals surface area contributed by atoms with E-state index in [0.717, 1.165) is 5.56 Å². The van der Waals surface area contributed by atoms with Crippen LogP contribution in [0.25, 0.3) is 0 Å². The average Bonchev–Trinajstić information content (AvgIpc) is 2.79. The number of hydrogen-bond acceptors (Lipinski definition) is 3. The number of rotatable bonds is 3. The molecule has 1 amide bonds. The van der Waals surface area contributed by atoms with Crippen molar-refractivity contribution < 1.29 is 14.3 Å². The number of hydrogen-bond donors (Lipinski definition) is 0. The van der Waals surface area contributed by atoms with E-state index in [1.165, 1.54) is 4.90 Å². The average molecular weight is 292 g/mol. The van der Waals surface area contributed by atoms with Crippen LogP contribution in [-0.2, 0) is 20.9 Å². The summed E-state index contributed by atoms with van der Waals surface area (Å²) in [5.74, 6) is -0.651. The highest BCUT2D eigenvalue weighted by atomic mass is 35.5. The molecule has 2 aliphatic heterocycles. The summed E-state index contributed by atoms with van der Waals surface area (Å²) in [5.41, 5.74) is 1.12. The van der Waals surface area contributed by atoms with Gasteiger partial charge in [-0.3, -0.25) is 4.79 Å². The maximum absolute atomic E-state index is 12.1. The number of β-lactam (4-membered cyclic amide) rings is 1. The molecule has 2 aliphatic rings. The Kier molecular flexibility index (Phi) is 3.26. The molecule has 0 N–H and O–H groups in total. The van der Waals surface area contributed by atoms with E-state index >= 15 is 0 Å². The Morgan fingerprint density at radius 3 is 2.80 bits per heavy atom. The summed E-state index contributed by atoms with van der Waals surface area (Å²) < 4.78 is 5.24. The van der Waals surface area contributed by atoms with Crippen LogP contribution < -0.4 is 0 Å². The Morgan fingerprint density at radius 2 is 2.10 bits per heavy atom. The van der Waals surface area contributed by atoms with Gasteiger partial charge in [0.2, 0.25) is 5.91 Å². The molecular formula is C15H14ClNO3. The van der Waals surface area contributed by atoms with Crippen LogP contribution in [0.15, 0.2) is 41.1 Å². The van der Waals surface area contributed by atoms with Crippen molar-refractivity contribution in [1.29, 1.82) is 0 Å². The molecule has 5 heteroatoms. The van der Waals surface area contributed by atoms with Crippen LogP contribution in [0.3, 0.4) is 0 Å². The maximum Gasteiger partial charge on any atom is 0.356 e. The Labute approximate surface area is 122 Å². The van der Waals surface area contributed by atoms with Gasteiger partial charge in [0.1, 0.15) is 12.3 Å². The van der Waals surface area contributed by atoms with Crippen molar-refractivity contribution in [1.82, 2.24) is 4.90 Å². The predicted molar refractivity (Wildman–Crippen MR) is 73.5 cm³/mol. The molecule has 1 aromatic carbocycles. The summed E-state index contributed by atoms with van der Waals surface area (Å²) in [7, 11) is 0. The smallest absolute Gasteiger partial charge is 0.356 e. The zero-order valence-electron chi connectivity index (χ0n) is 11.0. The largest absolute Gasteiger partial charge is 0.456 e. The molecule has 3 rings (SSSR count). The van der Waals surface area contributed by atoms with Gasteiger partial charge in [0, 0.05) is 6.42 Å². The van der Waals surface area contributed by atoms with Crippen LogP contribution >= 0.6 is 11.6 Å². The number of ether oxygens (including phenoxy) is 1. The van der Waals surface area contributed by atoms with Crippen molar-refractivity contribution in [3.05, 3.63) is 46.6 Å². The van der Waals surface area contributed by atoms with Crippen LogP contribution in [0.2, 0.25) is 0 Å². The van der Waals surface area contributed by atoms with Crippen molar-refractivity contribution >= 4 is 23.5 Å². The molecule has 1 aromatic rings. The number of nitrogens with zero attached hydrogens (tertiary/aromatic N) is 1. The van der Waals surface area contributed by atoms with Crippen LogP contribution in [0, 0.1) is 5.92 Å². The molecule has 0 saturated carbocycles. The van der Waals surface area contributed by atoms with Crippen molar-refractivity contribution in [2.75, 3.05) is 0 Å². The third-order valence-corrected chi connectivity index (χ3v) is 4.16. The van der Waals surface area contributed by atoms with Gasteiger partial charge < -0.3 is 9.64 Å². The van der Waals surface area contributed by atoms with Gasteiger partial charge in [-0.15, -0.1) is 0 Å². The highest BCUT2D eigenvalue weighted by molar-refractivity contribution is 6.32. The molecule has 4 nitrogen and oxygen atoms in total. The molecule has 0 bridgehead atoms. The first-order chi connectivity index (χ1) is 9.59. The van der Waals surface area contributed by atoms with Gasteiger partial charge in [-0.25, -0.2) is 4.79 Å². The Hall–Kier alpha value is -1.81. The third kappa shape index (κ3) is 2.00. The molecular weight excluding hydrogens is 278 g/mol. The summed E-state index contributed by atoms with van der Waals surface area (Å²) in [6.45, 7) is 2.03. The molecule has 0 radical (unpaired) electrons. The van der Waals surface area contributed by atoms with Gasteiger partial charge in [-0.1, -0.05) is 48.9 Å².